The second kappa shape index (κ2) is 2.75. The average Bonchev–Trinajstić information content (AvgIpc) is 3.14. The lowest BCUT2D eigenvalue weighted by Gasteiger charge is -2.21. The van der Waals surface area contributed by atoms with Gasteiger partial charge in [0.25, 0.3) is 0 Å². The van der Waals surface area contributed by atoms with Crippen LogP contribution in [0.4, 0.5) is 0 Å². The first-order valence-corrected chi connectivity index (χ1v) is 5.61. The minimum absolute atomic E-state index is 0.187. The van der Waals surface area contributed by atoms with E-state index in [1.165, 1.54) is 0 Å². The van der Waals surface area contributed by atoms with Gasteiger partial charge in [-0.1, -0.05) is 0 Å². The zero-order chi connectivity index (χ0) is 10.9. The zero-order valence-electron chi connectivity index (χ0n) is 8.67. The Morgan fingerprint density at radius 2 is 1.06 bits per heavy atom. The summed E-state index contributed by atoms with van der Waals surface area (Å²) in [5, 5.41) is 0. The molecular formula is C10H12N2O4. The van der Waals surface area contributed by atoms with E-state index in [-0.39, 0.29) is 36.2 Å². The van der Waals surface area contributed by atoms with Crippen molar-refractivity contribution in [2.75, 3.05) is 26.2 Å². The molecule has 4 atom stereocenters. The van der Waals surface area contributed by atoms with E-state index in [1.54, 1.807) is 9.80 Å². The third kappa shape index (κ3) is 1.20. The van der Waals surface area contributed by atoms with Crippen LogP contribution in [0.1, 0.15) is 0 Å². The van der Waals surface area contributed by atoms with Crippen molar-refractivity contribution in [3.05, 3.63) is 0 Å². The summed E-state index contributed by atoms with van der Waals surface area (Å²) in [4.78, 5) is 26.9. The largest absolute Gasteiger partial charge is 0.366 e. The quantitative estimate of drug-likeness (QED) is 0.360. The molecular weight excluding hydrogens is 212 g/mol. The molecule has 0 aromatic heterocycles. The van der Waals surface area contributed by atoms with Gasteiger partial charge in [-0.3, -0.25) is 9.59 Å². The number of hydrogen-bond acceptors (Lipinski definition) is 4. The predicted octanol–water partition coefficient (Wildman–Crippen LogP) is -1.79. The van der Waals surface area contributed by atoms with Crippen LogP contribution in [-0.2, 0) is 19.1 Å². The van der Waals surface area contributed by atoms with Crippen LogP contribution < -0.4 is 0 Å². The Kier molecular flexibility index (Phi) is 1.54. The molecule has 4 heterocycles. The molecule has 4 saturated heterocycles. The lowest BCUT2D eigenvalue weighted by molar-refractivity contribution is -0.152. The molecule has 4 unspecified atom stereocenters. The fourth-order valence-electron chi connectivity index (χ4n) is 2.62. The highest BCUT2D eigenvalue weighted by Gasteiger charge is 2.53. The molecule has 4 fully saturated rings. The molecule has 16 heavy (non-hydrogen) atoms. The number of morpholine rings is 2. The van der Waals surface area contributed by atoms with E-state index in [1.807, 2.05) is 0 Å². The minimum Gasteiger partial charge on any atom is -0.366 e. The normalized spacial score (nSPS) is 43.0. The van der Waals surface area contributed by atoms with Gasteiger partial charge in [0.2, 0.25) is 0 Å². The van der Waals surface area contributed by atoms with Crippen molar-refractivity contribution in [3.8, 4) is 0 Å². The van der Waals surface area contributed by atoms with Crippen LogP contribution in [0.2, 0.25) is 0 Å². The Labute approximate surface area is 92.1 Å². The predicted molar refractivity (Wildman–Crippen MR) is 50.5 cm³/mol. The number of carbonyl (C=O) groups is 2. The molecule has 0 aliphatic carbocycles. The fraction of sp³-hybridized carbons (Fsp3) is 0.800. The number of likely N-dealkylation sites (tertiary alicyclic amines) is 2. The lowest BCUT2D eigenvalue weighted by Crippen LogP contribution is -2.45. The average molecular weight is 224 g/mol. The molecule has 0 bridgehead atoms. The summed E-state index contributed by atoms with van der Waals surface area (Å²) in [5.74, 6) is -0.755. The van der Waals surface area contributed by atoms with Crippen LogP contribution in [-0.4, -0.2) is 72.2 Å². The van der Waals surface area contributed by atoms with Crippen molar-refractivity contribution in [1.29, 1.82) is 0 Å². The van der Waals surface area contributed by atoms with Crippen LogP contribution in [0.5, 0.6) is 0 Å². The number of ether oxygens (including phenoxy) is 2. The number of nitrogens with zero attached hydrogens (tertiary/aromatic N) is 2. The number of fused-ring (bicyclic) bond motifs is 2. The van der Waals surface area contributed by atoms with Gasteiger partial charge in [0.1, 0.15) is 24.4 Å². The summed E-state index contributed by atoms with van der Waals surface area (Å²) in [7, 11) is 0. The van der Waals surface area contributed by atoms with Crippen molar-refractivity contribution in [1.82, 2.24) is 9.80 Å². The summed E-state index contributed by atoms with van der Waals surface area (Å²) in [5.41, 5.74) is 0. The maximum atomic E-state index is 11.9. The zero-order valence-corrected chi connectivity index (χ0v) is 8.67. The molecule has 2 amide bonds. The highest BCUT2D eigenvalue weighted by molar-refractivity contribution is 6.35. The second-order valence-electron chi connectivity index (χ2n) is 4.85. The summed E-state index contributed by atoms with van der Waals surface area (Å²) in [6.45, 7) is 2.30. The van der Waals surface area contributed by atoms with Crippen LogP contribution in [0, 0.1) is 0 Å². The van der Waals surface area contributed by atoms with Gasteiger partial charge in [0.15, 0.2) is 0 Å². The van der Waals surface area contributed by atoms with Gasteiger partial charge in [0.05, 0.1) is 26.2 Å². The molecule has 0 aromatic carbocycles. The van der Waals surface area contributed by atoms with Crippen LogP contribution >= 0.6 is 0 Å². The van der Waals surface area contributed by atoms with Gasteiger partial charge in [-0.15, -0.1) is 0 Å². The molecule has 0 spiro atoms. The number of hydrogen-bond donors (Lipinski definition) is 0. The maximum absolute atomic E-state index is 11.9. The molecule has 6 nitrogen and oxygen atoms in total. The van der Waals surface area contributed by atoms with E-state index >= 15 is 0 Å². The van der Waals surface area contributed by atoms with Crippen molar-refractivity contribution >= 4 is 11.8 Å². The van der Waals surface area contributed by atoms with Gasteiger partial charge < -0.3 is 19.3 Å². The lowest BCUT2D eigenvalue weighted by atomic mass is 10.4. The van der Waals surface area contributed by atoms with Crippen molar-refractivity contribution in [2.45, 2.75) is 24.4 Å². The molecule has 4 aliphatic heterocycles. The first-order chi connectivity index (χ1) is 7.72. The highest BCUT2D eigenvalue weighted by Crippen LogP contribution is 2.32. The SMILES string of the molecule is O=C(C(=O)N1CC2OC2C1)N1CC2OC2C1. The van der Waals surface area contributed by atoms with E-state index in [4.69, 9.17) is 9.47 Å². The smallest absolute Gasteiger partial charge is 0.312 e. The monoisotopic (exact) mass is 224 g/mol. The van der Waals surface area contributed by atoms with Crippen molar-refractivity contribution in [3.63, 3.8) is 0 Å². The molecule has 4 rings (SSSR count). The third-order valence-corrected chi connectivity index (χ3v) is 3.73. The fourth-order valence-corrected chi connectivity index (χ4v) is 2.62. The summed E-state index contributed by atoms with van der Waals surface area (Å²) >= 11 is 0. The number of rotatable bonds is 0. The van der Waals surface area contributed by atoms with E-state index in [2.05, 4.69) is 0 Å². The molecule has 6 heteroatoms. The van der Waals surface area contributed by atoms with Crippen LogP contribution in [0.15, 0.2) is 0 Å². The first kappa shape index (κ1) is 8.95. The Balaban J connectivity index is 1.41. The highest BCUT2D eigenvalue weighted by atomic mass is 16.6. The summed E-state index contributed by atoms with van der Waals surface area (Å²) < 4.78 is 10.4. The van der Waals surface area contributed by atoms with Gasteiger partial charge >= 0.3 is 11.8 Å². The van der Waals surface area contributed by atoms with E-state index in [0.717, 1.165) is 0 Å². The van der Waals surface area contributed by atoms with Gasteiger partial charge in [-0.25, -0.2) is 0 Å². The summed E-state index contributed by atoms with van der Waals surface area (Å²) in [6.07, 6.45) is 0.748. The van der Waals surface area contributed by atoms with Crippen LogP contribution in [0.25, 0.3) is 0 Å². The van der Waals surface area contributed by atoms with Crippen LogP contribution in [0.3, 0.4) is 0 Å². The van der Waals surface area contributed by atoms with Crippen molar-refractivity contribution < 1.29 is 19.1 Å². The van der Waals surface area contributed by atoms with Gasteiger partial charge in [0, 0.05) is 0 Å². The van der Waals surface area contributed by atoms with E-state index in [0.29, 0.717) is 26.2 Å². The molecule has 0 N–H and O–H groups in total. The minimum atomic E-state index is -0.378. The summed E-state index contributed by atoms with van der Waals surface area (Å²) in [6, 6.07) is 0. The molecule has 4 aliphatic rings. The topological polar surface area (TPSA) is 65.7 Å². The van der Waals surface area contributed by atoms with E-state index < -0.39 is 0 Å². The molecule has 86 valence electrons. The molecule has 0 saturated carbocycles. The number of amides is 2. The van der Waals surface area contributed by atoms with E-state index in [9.17, 15) is 9.59 Å². The first-order valence-electron chi connectivity index (χ1n) is 5.61. The van der Waals surface area contributed by atoms with Gasteiger partial charge in [-0.05, 0) is 0 Å². The molecule has 0 aromatic rings. The van der Waals surface area contributed by atoms with Gasteiger partial charge in [-0.2, -0.15) is 0 Å². The molecule has 0 radical (unpaired) electrons. The third-order valence-electron chi connectivity index (χ3n) is 3.73. The Morgan fingerprint density at radius 1 is 0.750 bits per heavy atom. The second-order valence-corrected chi connectivity index (χ2v) is 4.85. The number of epoxide rings is 2. The maximum Gasteiger partial charge on any atom is 0.312 e. The standard InChI is InChI=1S/C10H12N2O4/c13-9(11-1-5-6(2-11)15-5)10(14)12-3-7-8(4-12)16-7/h5-8H,1-4H2. The Bertz CT molecular complexity index is 329. The van der Waals surface area contributed by atoms with Crippen molar-refractivity contribution in [2.24, 2.45) is 0 Å². The number of carbonyl (C=O) groups excluding carboxylic acids is 2. The Morgan fingerprint density at radius 3 is 1.38 bits per heavy atom. The Hall–Kier alpha value is -1.14.